The Bertz CT molecular complexity index is 462. The van der Waals surface area contributed by atoms with E-state index in [9.17, 15) is 0 Å². The van der Waals surface area contributed by atoms with Crippen molar-refractivity contribution in [3.63, 3.8) is 0 Å². The van der Waals surface area contributed by atoms with E-state index in [0.29, 0.717) is 18.2 Å². The summed E-state index contributed by atoms with van der Waals surface area (Å²) in [5, 5.41) is 3.63. The highest BCUT2D eigenvalue weighted by atomic mass is 16.5. The van der Waals surface area contributed by atoms with Crippen molar-refractivity contribution in [1.82, 2.24) is 5.32 Å². The highest BCUT2D eigenvalue weighted by molar-refractivity contribution is 5.57. The minimum Gasteiger partial charge on any atom is -0.381 e. The van der Waals surface area contributed by atoms with Crippen molar-refractivity contribution in [2.75, 3.05) is 25.1 Å². The fourth-order valence-electron chi connectivity index (χ4n) is 4.04. The summed E-state index contributed by atoms with van der Waals surface area (Å²) in [5.74, 6) is 0. The summed E-state index contributed by atoms with van der Waals surface area (Å²) >= 11 is 0. The molecule has 3 rings (SSSR count). The van der Waals surface area contributed by atoms with Crippen LogP contribution in [0.1, 0.15) is 50.6 Å². The Balaban J connectivity index is 1.82. The maximum absolute atomic E-state index is 5.62. The van der Waals surface area contributed by atoms with Crippen molar-refractivity contribution in [3.05, 3.63) is 29.8 Å². The average Bonchev–Trinajstić information content (AvgIpc) is 2.55. The minimum atomic E-state index is 0.447. The second-order valence-corrected chi connectivity index (χ2v) is 6.33. The lowest BCUT2D eigenvalue weighted by Gasteiger charge is -2.43. The molecule has 0 radical (unpaired) electrons. The van der Waals surface area contributed by atoms with Crippen LogP contribution in [0.5, 0.6) is 0 Å². The van der Waals surface area contributed by atoms with Gasteiger partial charge in [0.25, 0.3) is 0 Å². The third kappa shape index (κ3) is 3.09. The average molecular weight is 288 g/mol. The molecule has 3 atom stereocenters. The largest absolute Gasteiger partial charge is 0.381 e. The van der Waals surface area contributed by atoms with E-state index in [1.54, 1.807) is 0 Å². The number of anilines is 1. The first-order valence-corrected chi connectivity index (χ1v) is 8.45. The van der Waals surface area contributed by atoms with Crippen molar-refractivity contribution in [1.29, 1.82) is 0 Å². The second kappa shape index (κ2) is 6.80. The lowest BCUT2D eigenvalue weighted by molar-refractivity contribution is 0.0627. The van der Waals surface area contributed by atoms with Crippen molar-refractivity contribution in [2.24, 2.45) is 0 Å². The molecule has 21 heavy (non-hydrogen) atoms. The zero-order valence-corrected chi connectivity index (χ0v) is 13.3. The van der Waals surface area contributed by atoms with Gasteiger partial charge in [-0.05, 0) is 50.3 Å². The van der Waals surface area contributed by atoms with Crippen molar-refractivity contribution in [2.45, 2.75) is 57.2 Å². The third-order valence-electron chi connectivity index (χ3n) is 5.10. The topological polar surface area (TPSA) is 24.5 Å². The lowest BCUT2D eigenvalue weighted by atomic mass is 9.88. The minimum absolute atomic E-state index is 0.447. The van der Waals surface area contributed by atoms with E-state index in [0.717, 1.165) is 13.1 Å². The highest BCUT2D eigenvalue weighted by Gasteiger charge is 2.32. The van der Waals surface area contributed by atoms with E-state index < -0.39 is 0 Å². The van der Waals surface area contributed by atoms with Gasteiger partial charge in [-0.25, -0.2) is 0 Å². The molecule has 0 bridgehead atoms. The molecular weight excluding hydrogens is 260 g/mol. The van der Waals surface area contributed by atoms with Gasteiger partial charge in [-0.1, -0.05) is 25.1 Å². The molecule has 0 aromatic heterocycles. The molecule has 0 spiro atoms. The summed E-state index contributed by atoms with van der Waals surface area (Å²) in [5.41, 5.74) is 2.92. The summed E-state index contributed by atoms with van der Waals surface area (Å²) in [6.07, 6.45) is 6.65. The summed E-state index contributed by atoms with van der Waals surface area (Å²) in [7, 11) is 1.86. The van der Waals surface area contributed by atoms with Crippen LogP contribution in [0, 0.1) is 0 Å². The van der Waals surface area contributed by atoms with Gasteiger partial charge in [-0.15, -0.1) is 0 Å². The zero-order valence-electron chi connectivity index (χ0n) is 13.3. The van der Waals surface area contributed by atoms with Crippen LogP contribution in [0.2, 0.25) is 0 Å². The van der Waals surface area contributed by atoms with E-state index in [1.807, 2.05) is 7.11 Å². The molecule has 1 heterocycles. The van der Waals surface area contributed by atoms with Crippen molar-refractivity contribution < 1.29 is 4.74 Å². The number of ether oxygens (including phenoxy) is 1. The van der Waals surface area contributed by atoms with Gasteiger partial charge in [0.1, 0.15) is 0 Å². The number of rotatable bonds is 4. The molecule has 1 saturated carbocycles. The highest BCUT2D eigenvalue weighted by Crippen LogP contribution is 2.38. The molecule has 1 aliphatic heterocycles. The molecule has 2 aliphatic rings. The van der Waals surface area contributed by atoms with Gasteiger partial charge in [-0.3, -0.25) is 0 Å². The fourth-order valence-corrected chi connectivity index (χ4v) is 4.04. The van der Waals surface area contributed by atoms with Gasteiger partial charge >= 0.3 is 0 Å². The van der Waals surface area contributed by atoms with Gasteiger partial charge in [0.05, 0.1) is 6.10 Å². The van der Waals surface area contributed by atoms with E-state index in [-0.39, 0.29) is 0 Å². The first-order valence-electron chi connectivity index (χ1n) is 8.45. The summed E-state index contributed by atoms with van der Waals surface area (Å²) in [6, 6.07) is 10.1. The molecule has 1 N–H and O–H groups in total. The molecule has 0 saturated heterocycles. The SMILES string of the molecule is CCNC1CCN(C2CCCC(OC)C2)c2ccccc21. The van der Waals surface area contributed by atoms with E-state index >= 15 is 0 Å². The molecule has 1 fully saturated rings. The molecule has 3 unspecified atom stereocenters. The molecule has 116 valence electrons. The molecule has 1 aromatic carbocycles. The van der Waals surface area contributed by atoms with Crippen LogP contribution in [-0.2, 0) is 4.74 Å². The summed E-state index contributed by atoms with van der Waals surface area (Å²) in [4.78, 5) is 2.65. The van der Waals surface area contributed by atoms with Crippen molar-refractivity contribution >= 4 is 5.69 Å². The molecule has 3 nitrogen and oxygen atoms in total. The number of hydrogen-bond acceptors (Lipinski definition) is 3. The maximum Gasteiger partial charge on any atom is 0.0591 e. The number of methoxy groups -OCH3 is 1. The van der Waals surface area contributed by atoms with Crippen LogP contribution < -0.4 is 10.2 Å². The predicted molar refractivity (Wildman–Crippen MR) is 87.9 cm³/mol. The third-order valence-corrected chi connectivity index (χ3v) is 5.10. The number of nitrogens with one attached hydrogen (secondary N) is 1. The number of hydrogen-bond donors (Lipinski definition) is 1. The van der Waals surface area contributed by atoms with Crippen LogP contribution in [0.3, 0.4) is 0 Å². The van der Waals surface area contributed by atoms with Gasteiger partial charge in [0.2, 0.25) is 0 Å². The molecule has 1 aliphatic carbocycles. The zero-order chi connectivity index (χ0) is 14.7. The Labute approximate surface area is 128 Å². The van der Waals surface area contributed by atoms with E-state index in [4.69, 9.17) is 4.74 Å². The number of nitrogens with zero attached hydrogens (tertiary/aromatic N) is 1. The number of fused-ring (bicyclic) bond motifs is 1. The van der Waals surface area contributed by atoms with Gasteiger partial charge < -0.3 is 15.0 Å². The Morgan fingerprint density at radius 3 is 2.90 bits per heavy atom. The second-order valence-electron chi connectivity index (χ2n) is 6.33. The smallest absolute Gasteiger partial charge is 0.0591 e. The number of benzene rings is 1. The van der Waals surface area contributed by atoms with Gasteiger partial charge in [0, 0.05) is 31.4 Å². The van der Waals surface area contributed by atoms with Crippen LogP contribution in [0.4, 0.5) is 5.69 Å². The Hall–Kier alpha value is -1.06. The first kappa shape index (κ1) is 14.9. The maximum atomic E-state index is 5.62. The monoisotopic (exact) mass is 288 g/mol. The fraction of sp³-hybridized carbons (Fsp3) is 0.667. The molecule has 0 amide bonds. The Morgan fingerprint density at radius 2 is 2.10 bits per heavy atom. The quantitative estimate of drug-likeness (QED) is 0.917. The lowest BCUT2D eigenvalue weighted by Crippen LogP contribution is -2.45. The van der Waals surface area contributed by atoms with E-state index in [2.05, 4.69) is 41.4 Å². The first-order chi connectivity index (χ1) is 10.3. The Kier molecular flexibility index (Phi) is 4.81. The summed E-state index contributed by atoms with van der Waals surface area (Å²) in [6.45, 7) is 4.39. The molecular formula is C18H28N2O. The van der Waals surface area contributed by atoms with Crippen LogP contribution in [0.25, 0.3) is 0 Å². The molecule has 1 aromatic rings. The predicted octanol–water partition coefficient (Wildman–Crippen LogP) is 3.50. The van der Waals surface area contributed by atoms with Crippen LogP contribution >= 0.6 is 0 Å². The molecule has 3 heteroatoms. The van der Waals surface area contributed by atoms with Crippen molar-refractivity contribution in [3.8, 4) is 0 Å². The van der Waals surface area contributed by atoms with Gasteiger partial charge in [-0.2, -0.15) is 0 Å². The normalized spacial score (nSPS) is 29.2. The summed E-state index contributed by atoms with van der Waals surface area (Å²) < 4.78 is 5.62. The number of para-hydroxylation sites is 1. The van der Waals surface area contributed by atoms with E-state index in [1.165, 1.54) is 43.4 Å². The van der Waals surface area contributed by atoms with Gasteiger partial charge in [0.15, 0.2) is 0 Å². The van der Waals surface area contributed by atoms with Crippen LogP contribution in [0.15, 0.2) is 24.3 Å². The Morgan fingerprint density at radius 1 is 1.24 bits per heavy atom. The van der Waals surface area contributed by atoms with Crippen LogP contribution in [-0.4, -0.2) is 32.3 Å². The standard InChI is InChI=1S/C18H28N2O/c1-3-19-17-11-12-20(18-10-5-4-9-16(17)18)14-7-6-8-15(13-14)21-2/h4-5,9-10,14-15,17,19H,3,6-8,11-13H2,1-2H3.